The van der Waals surface area contributed by atoms with Crippen LogP contribution >= 0.6 is 0 Å². The maximum Gasteiger partial charge on any atom is 0.0709 e. The molecule has 0 radical (unpaired) electrons. The van der Waals surface area contributed by atoms with Gasteiger partial charge in [0.05, 0.1) is 19.3 Å². The van der Waals surface area contributed by atoms with Crippen LogP contribution in [-0.2, 0) is 4.74 Å². The highest BCUT2D eigenvalue weighted by Crippen LogP contribution is 1.99. The Balaban J connectivity index is 3.73. The minimum Gasteiger partial charge on any atom is -0.395 e. The molecule has 0 fully saturated rings. The molecule has 0 aromatic heterocycles. The fourth-order valence-corrected chi connectivity index (χ4v) is 1.45. The Morgan fingerprint density at radius 1 is 1.20 bits per heavy atom. The highest BCUT2D eigenvalue weighted by atomic mass is 16.5. The standard InChI is InChI=1S/C10H24N2O3/c1-2-15-10(9-11)3-4-12(5-7-13)6-8-14/h10,13-14H,2-9,11H2,1H3. The molecule has 0 aromatic rings. The average Bonchev–Trinajstić information content (AvgIpc) is 2.24. The van der Waals surface area contributed by atoms with Crippen molar-refractivity contribution in [1.29, 1.82) is 0 Å². The van der Waals surface area contributed by atoms with E-state index in [1.54, 1.807) is 0 Å². The van der Waals surface area contributed by atoms with Crippen LogP contribution in [0.5, 0.6) is 0 Å². The summed E-state index contributed by atoms with van der Waals surface area (Å²) >= 11 is 0. The molecule has 0 heterocycles. The van der Waals surface area contributed by atoms with Gasteiger partial charge in [-0.05, 0) is 13.3 Å². The zero-order chi connectivity index (χ0) is 11.5. The van der Waals surface area contributed by atoms with Crippen molar-refractivity contribution in [3.8, 4) is 0 Å². The number of aliphatic hydroxyl groups excluding tert-OH is 2. The van der Waals surface area contributed by atoms with Crippen molar-refractivity contribution >= 4 is 0 Å². The van der Waals surface area contributed by atoms with Gasteiger partial charge >= 0.3 is 0 Å². The number of rotatable bonds is 10. The van der Waals surface area contributed by atoms with Crippen molar-refractivity contribution in [1.82, 2.24) is 4.90 Å². The summed E-state index contributed by atoms with van der Waals surface area (Å²) < 4.78 is 5.42. The van der Waals surface area contributed by atoms with Gasteiger partial charge in [0.2, 0.25) is 0 Å². The minimum absolute atomic E-state index is 0.0786. The van der Waals surface area contributed by atoms with Gasteiger partial charge in [0.1, 0.15) is 0 Å². The van der Waals surface area contributed by atoms with Gasteiger partial charge in [0, 0.05) is 32.8 Å². The number of hydrogen-bond acceptors (Lipinski definition) is 5. The summed E-state index contributed by atoms with van der Waals surface area (Å²) in [7, 11) is 0. The van der Waals surface area contributed by atoms with Gasteiger partial charge in [0.25, 0.3) is 0 Å². The number of hydrogen-bond donors (Lipinski definition) is 3. The predicted octanol–water partition coefficient (Wildman–Crippen LogP) is -0.973. The van der Waals surface area contributed by atoms with Crippen molar-refractivity contribution in [2.75, 3.05) is 46.0 Å². The molecule has 4 N–H and O–H groups in total. The number of aliphatic hydroxyl groups is 2. The third kappa shape index (κ3) is 7.70. The van der Waals surface area contributed by atoms with Crippen LogP contribution in [0.25, 0.3) is 0 Å². The highest BCUT2D eigenvalue weighted by molar-refractivity contribution is 4.64. The van der Waals surface area contributed by atoms with Crippen LogP contribution in [0.2, 0.25) is 0 Å². The van der Waals surface area contributed by atoms with Crippen molar-refractivity contribution in [2.45, 2.75) is 19.4 Å². The Labute approximate surface area is 91.8 Å². The molecule has 5 nitrogen and oxygen atoms in total. The van der Waals surface area contributed by atoms with E-state index in [4.69, 9.17) is 20.7 Å². The largest absolute Gasteiger partial charge is 0.395 e. The lowest BCUT2D eigenvalue weighted by molar-refractivity contribution is 0.0505. The molecule has 1 atom stereocenters. The van der Waals surface area contributed by atoms with Crippen LogP contribution < -0.4 is 5.73 Å². The Morgan fingerprint density at radius 3 is 2.20 bits per heavy atom. The van der Waals surface area contributed by atoms with Crippen LogP contribution in [0.3, 0.4) is 0 Å². The van der Waals surface area contributed by atoms with Crippen LogP contribution in [-0.4, -0.2) is 67.2 Å². The lowest BCUT2D eigenvalue weighted by Gasteiger charge is -2.23. The Hall–Kier alpha value is -0.200. The first-order chi connectivity index (χ1) is 7.28. The summed E-state index contributed by atoms with van der Waals surface area (Å²) in [5.41, 5.74) is 5.55. The molecular formula is C10H24N2O3. The van der Waals surface area contributed by atoms with Crippen LogP contribution in [0.1, 0.15) is 13.3 Å². The first kappa shape index (κ1) is 14.8. The number of nitrogens with zero attached hydrogens (tertiary/aromatic N) is 1. The van der Waals surface area contributed by atoms with E-state index in [0.717, 1.165) is 13.0 Å². The second-order valence-electron chi connectivity index (χ2n) is 3.39. The maximum atomic E-state index is 8.81. The smallest absolute Gasteiger partial charge is 0.0709 e. The van der Waals surface area contributed by atoms with Crippen LogP contribution in [0.15, 0.2) is 0 Å². The van der Waals surface area contributed by atoms with Gasteiger partial charge in [0.15, 0.2) is 0 Å². The molecule has 0 saturated heterocycles. The fourth-order valence-electron chi connectivity index (χ4n) is 1.45. The molecule has 15 heavy (non-hydrogen) atoms. The maximum absolute atomic E-state index is 8.81. The van der Waals surface area contributed by atoms with Gasteiger partial charge in [-0.2, -0.15) is 0 Å². The lowest BCUT2D eigenvalue weighted by Crippen LogP contribution is -2.35. The Kier molecular flexibility index (Phi) is 10.2. The summed E-state index contributed by atoms with van der Waals surface area (Å²) in [6, 6.07) is 0. The summed E-state index contributed by atoms with van der Waals surface area (Å²) in [5.74, 6) is 0. The van der Waals surface area contributed by atoms with E-state index in [0.29, 0.717) is 26.2 Å². The number of ether oxygens (including phenoxy) is 1. The zero-order valence-electron chi connectivity index (χ0n) is 9.56. The SMILES string of the molecule is CCOC(CN)CCN(CCO)CCO. The van der Waals surface area contributed by atoms with Gasteiger partial charge in [-0.3, -0.25) is 4.90 Å². The van der Waals surface area contributed by atoms with E-state index >= 15 is 0 Å². The monoisotopic (exact) mass is 220 g/mol. The van der Waals surface area contributed by atoms with Crippen LogP contribution in [0.4, 0.5) is 0 Å². The lowest BCUT2D eigenvalue weighted by atomic mass is 10.2. The minimum atomic E-state index is 0.0786. The predicted molar refractivity (Wildman–Crippen MR) is 59.7 cm³/mol. The van der Waals surface area contributed by atoms with Crippen molar-refractivity contribution < 1.29 is 14.9 Å². The van der Waals surface area contributed by atoms with Crippen LogP contribution in [0, 0.1) is 0 Å². The molecule has 0 spiro atoms. The van der Waals surface area contributed by atoms with E-state index in [2.05, 4.69) is 0 Å². The third-order valence-corrected chi connectivity index (χ3v) is 2.27. The first-order valence-corrected chi connectivity index (χ1v) is 5.54. The van der Waals surface area contributed by atoms with Crippen molar-refractivity contribution in [3.63, 3.8) is 0 Å². The molecule has 5 heteroatoms. The van der Waals surface area contributed by atoms with E-state index in [-0.39, 0.29) is 19.3 Å². The first-order valence-electron chi connectivity index (χ1n) is 5.54. The molecule has 92 valence electrons. The van der Waals surface area contributed by atoms with E-state index in [1.807, 2.05) is 11.8 Å². The average molecular weight is 220 g/mol. The topological polar surface area (TPSA) is 79.0 Å². The quantitative estimate of drug-likeness (QED) is 0.441. The molecule has 0 aliphatic rings. The summed E-state index contributed by atoms with van der Waals surface area (Å²) in [6.45, 7) is 5.32. The zero-order valence-corrected chi connectivity index (χ0v) is 9.56. The molecule has 0 aromatic carbocycles. The third-order valence-electron chi connectivity index (χ3n) is 2.27. The van der Waals surface area contributed by atoms with E-state index in [1.165, 1.54) is 0 Å². The second kappa shape index (κ2) is 10.3. The van der Waals surface area contributed by atoms with Gasteiger partial charge < -0.3 is 20.7 Å². The fraction of sp³-hybridized carbons (Fsp3) is 1.00. The van der Waals surface area contributed by atoms with E-state index < -0.39 is 0 Å². The molecule has 0 amide bonds. The van der Waals surface area contributed by atoms with Crippen molar-refractivity contribution in [3.05, 3.63) is 0 Å². The molecular weight excluding hydrogens is 196 g/mol. The summed E-state index contributed by atoms with van der Waals surface area (Å²) in [6.07, 6.45) is 0.916. The van der Waals surface area contributed by atoms with Gasteiger partial charge in [-0.25, -0.2) is 0 Å². The van der Waals surface area contributed by atoms with Gasteiger partial charge in [-0.1, -0.05) is 0 Å². The molecule has 0 aliphatic carbocycles. The Morgan fingerprint density at radius 2 is 1.80 bits per heavy atom. The molecule has 0 bridgehead atoms. The highest BCUT2D eigenvalue weighted by Gasteiger charge is 2.09. The van der Waals surface area contributed by atoms with Gasteiger partial charge in [-0.15, -0.1) is 0 Å². The Bertz CT molecular complexity index is 130. The summed E-state index contributed by atoms with van der Waals surface area (Å²) in [5, 5.41) is 17.6. The van der Waals surface area contributed by atoms with E-state index in [9.17, 15) is 0 Å². The second-order valence-corrected chi connectivity index (χ2v) is 3.39. The molecule has 0 saturated carbocycles. The molecule has 0 rings (SSSR count). The normalized spacial score (nSPS) is 13.4. The molecule has 1 unspecified atom stereocenters. The molecule has 0 aliphatic heterocycles. The summed E-state index contributed by atoms with van der Waals surface area (Å²) in [4.78, 5) is 2.00. The number of nitrogens with two attached hydrogens (primary N) is 1. The van der Waals surface area contributed by atoms with Crippen molar-refractivity contribution in [2.24, 2.45) is 5.73 Å².